The smallest absolute Gasteiger partial charge is 0.308 e. The van der Waals surface area contributed by atoms with Crippen LogP contribution >= 0.6 is 11.3 Å². The van der Waals surface area contributed by atoms with E-state index in [1.807, 2.05) is 13.0 Å². The Morgan fingerprint density at radius 2 is 2.35 bits per heavy atom. The number of amides is 2. The zero-order valence-corrected chi connectivity index (χ0v) is 9.80. The van der Waals surface area contributed by atoms with Gasteiger partial charge >= 0.3 is 6.03 Å². The van der Waals surface area contributed by atoms with Gasteiger partial charge in [-0.25, -0.2) is 4.79 Å². The van der Waals surface area contributed by atoms with Crippen LogP contribution in [0.2, 0.25) is 0 Å². The monoisotopic (exact) mass is 246 g/mol. The van der Waals surface area contributed by atoms with E-state index in [4.69, 9.17) is 5.26 Å². The Kier molecular flexibility index (Phi) is 2.93. The van der Waals surface area contributed by atoms with Crippen molar-refractivity contribution in [2.75, 3.05) is 0 Å². The van der Waals surface area contributed by atoms with Crippen LogP contribution in [-0.2, 0) is 0 Å². The number of thiophene rings is 1. The van der Waals surface area contributed by atoms with Crippen LogP contribution in [0.3, 0.4) is 0 Å². The molecule has 2 amide bonds. The Morgan fingerprint density at radius 1 is 1.59 bits per heavy atom. The van der Waals surface area contributed by atoms with Gasteiger partial charge in [0, 0.05) is 5.70 Å². The molecule has 1 radical (unpaired) electrons. The molecule has 2 rings (SSSR count). The molecule has 0 saturated carbocycles. The standard InChI is InChI=1S/C11H8N3O2S/c1-2-7-9(14-11(16)13-7)10(15)8-4-3-6(5-12)17-8/h3-4H,2H2,1H3,(H,13,16). The van der Waals surface area contributed by atoms with Crippen LogP contribution < -0.4 is 10.6 Å². The molecule has 1 aliphatic rings. The highest BCUT2D eigenvalue weighted by molar-refractivity contribution is 7.14. The first-order chi connectivity index (χ1) is 8.15. The van der Waals surface area contributed by atoms with Crippen molar-refractivity contribution in [1.29, 1.82) is 5.26 Å². The molecule has 1 aromatic heterocycles. The minimum atomic E-state index is -0.512. The number of rotatable bonds is 3. The quantitative estimate of drug-likeness (QED) is 0.824. The Hall–Kier alpha value is -2.13. The van der Waals surface area contributed by atoms with Gasteiger partial charge in [-0.15, -0.1) is 11.3 Å². The molecule has 5 nitrogen and oxygen atoms in total. The number of carbonyl (C=O) groups is 2. The van der Waals surface area contributed by atoms with Gasteiger partial charge in [0.05, 0.1) is 4.88 Å². The lowest BCUT2D eigenvalue weighted by Gasteiger charge is -1.98. The van der Waals surface area contributed by atoms with Crippen molar-refractivity contribution in [3.8, 4) is 6.07 Å². The topological polar surface area (TPSA) is 84.1 Å². The predicted molar refractivity (Wildman–Crippen MR) is 61.3 cm³/mol. The van der Waals surface area contributed by atoms with E-state index >= 15 is 0 Å². The minimum absolute atomic E-state index is 0.156. The van der Waals surface area contributed by atoms with Crippen molar-refractivity contribution >= 4 is 23.2 Å². The van der Waals surface area contributed by atoms with E-state index < -0.39 is 6.03 Å². The van der Waals surface area contributed by atoms with E-state index in [2.05, 4.69) is 10.6 Å². The van der Waals surface area contributed by atoms with Gasteiger partial charge in [0.1, 0.15) is 16.6 Å². The van der Waals surface area contributed by atoms with Crippen LogP contribution in [0.15, 0.2) is 23.5 Å². The molecule has 1 aromatic rings. The predicted octanol–water partition coefficient (Wildman–Crippen LogP) is 1.75. The van der Waals surface area contributed by atoms with E-state index in [-0.39, 0.29) is 11.5 Å². The third-order valence-corrected chi connectivity index (χ3v) is 3.25. The SMILES string of the molecule is CCC1=C(C(=O)c2ccc(C#N)s2)[N]C(=O)N1. The average molecular weight is 246 g/mol. The lowest BCUT2D eigenvalue weighted by atomic mass is 10.2. The number of carbonyl (C=O) groups excluding carboxylic acids is 2. The van der Waals surface area contributed by atoms with Crippen molar-refractivity contribution in [2.24, 2.45) is 0 Å². The zero-order valence-electron chi connectivity index (χ0n) is 8.98. The lowest BCUT2D eigenvalue weighted by molar-refractivity contribution is 0.103. The first kappa shape index (κ1) is 11.4. The van der Waals surface area contributed by atoms with E-state index in [1.165, 1.54) is 0 Å². The summed E-state index contributed by atoms with van der Waals surface area (Å²) in [7, 11) is 0. The normalized spacial score (nSPS) is 14.2. The maximum Gasteiger partial charge on any atom is 0.345 e. The summed E-state index contributed by atoms with van der Waals surface area (Å²) >= 11 is 1.10. The Balaban J connectivity index is 2.32. The fourth-order valence-corrected chi connectivity index (χ4v) is 2.21. The number of hydrogen-bond acceptors (Lipinski definition) is 4. The van der Waals surface area contributed by atoms with Crippen molar-refractivity contribution in [3.63, 3.8) is 0 Å². The van der Waals surface area contributed by atoms with Crippen molar-refractivity contribution in [3.05, 3.63) is 33.3 Å². The van der Waals surface area contributed by atoms with Gasteiger partial charge in [-0.1, -0.05) is 6.92 Å². The molecule has 0 aliphatic carbocycles. The fraction of sp³-hybridized carbons (Fsp3) is 0.182. The molecule has 1 N–H and O–H groups in total. The van der Waals surface area contributed by atoms with Crippen molar-refractivity contribution in [1.82, 2.24) is 10.6 Å². The highest BCUT2D eigenvalue weighted by Gasteiger charge is 2.28. The van der Waals surface area contributed by atoms with Gasteiger partial charge in [-0.2, -0.15) is 10.6 Å². The van der Waals surface area contributed by atoms with Crippen LogP contribution in [0.1, 0.15) is 27.9 Å². The van der Waals surface area contributed by atoms with Gasteiger partial charge in [0.15, 0.2) is 0 Å². The van der Waals surface area contributed by atoms with Crippen LogP contribution in [-0.4, -0.2) is 11.8 Å². The highest BCUT2D eigenvalue weighted by Crippen LogP contribution is 2.22. The summed E-state index contributed by atoms with van der Waals surface area (Å²) in [6, 6.07) is 4.60. The van der Waals surface area contributed by atoms with Crippen LogP contribution in [0.5, 0.6) is 0 Å². The molecule has 6 heteroatoms. The van der Waals surface area contributed by atoms with Crippen LogP contribution in [0, 0.1) is 11.3 Å². The molecule has 17 heavy (non-hydrogen) atoms. The number of ketones is 1. The highest BCUT2D eigenvalue weighted by atomic mass is 32.1. The molecule has 0 saturated heterocycles. The number of nitrogens with zero attached hydrogens (tertiary/aromatic N) is 2. The average Bonchev–Trinajstić information content (AvgIpc) is 2.93. The molecule has 0 atom stereocenters. The Labute approximate surface area is 102 Å². The van der Waals surface area contributed by atoms with E-state index in [0.29, 0.717) is 21.9 Å². The van der Waals surface area contributed by atoms with Crippen molar-refractivity contribution < 1.29 is 9.59 Å². The van der Waals surface area contributed by atoms with Gasteiger partial charge in [-0.05, 0) is 18.6 Å². The van der Waals surface area contributed by atoms with Gasteiger partial charge in [-0.3, -0.25) is 4.79 Å². The second kappa shape index (κ2) is 4.39. The van der Waals surface area contributed by atoms with Crippen LogP contribution in [0.4, 0.5) is 4.79 Å². The minimum Gasteiger partial charge on any atom is -0.308 e. The van der Waals surface area contributed by atoms with Gasteiger partial charge in [0.25, 0.3) is 0 Å². The van der Waals surface area contributed by atoms with E-state index in [0.717, 1.165) is 11.3 Å². The largest absolute Gasteiger partial charge is 0.345 e. The second-order valence-electron chi connectivity index (χ2n) is 3.33. The van der Waals surface area contributed by atoms with Crippen molar-refractivity contribution in [2.45, 2.75) is 13.3 Å². The maximum atomic E-state index is 12.0. The summed E-state index contributed by atoms with van der Waals surface area (Å²) in [6.45, 7) is 1.83. The summed E-state index contributed by atoms with van der Waals surface area (Å²) in [5, 5.41) is 14.9. The molecule has 0 fully saturated rings. The number of nitriles is 1. The summed E-state index contributed by atoms with van der Waals surface area (Å²) in [6.07, 6.45) is 0.535. The molecule has 1 aliphatic heterocycles. The van der Waals surface area contributed by atoms with E-state index in [9.17, 15) is 9.59 Å². The maximum absolute atomic E-state index is 12.0. The first-order valence-corrected chi connectivity index (χ1v) is 5.78. The molecule has 0 bridgehead atoms. The number of Topliss-reactive ketones (excluding diaryl/α,β-unsaturated/α-hetero) is 1. The molecular weight excluding hydrogens is 238 g/mol. The fourth-order valence-electron chi connectivity index (χ4n) is 1.47. The third kappa shape index (κ3) is 2.05. The second-order valence-corrected chi connectivity index (χ2v) is 4.41. The zero-order chi connectivity index (χ0) is 12.4. The number of nitrogens with one attached hydrogen (secondary N) is 1. The summed E-state index contributed by atoms with van der Waals surface area (Å²) in [5.74, 6) is -0.313. The molecule has 0 unspecified atom stereocenters. The Morgan fingerprint density at radius 3 is 2.94 bits per heavy atom. The van der Waals surface area contributed by atoms with E-state index in [1.54, 1.807) is 12.1 Å². The van der Waals surface area contributed by atoms with Gasteiger partial charge in [0.2, 0.25) is 5.78 Å². The molecule has 2 heterocycles. The third-order valence-electron chi connectivity index (χ3n) is 2.27. The summed E-state index contributed by atoms with van der Waals surface area (Å²) in [4.78, 5) is 24.0. The number of allylic oxidation sites excluding steroid dienone is 2. The lowest BCUT2D eigenvalue weighted by Crippen LogP contribution is -2.19. The van der Waals surface area contributed by atoms with Gasteiger partial charge < -0.3 is 5.32 Å². The molecule has 0 spiro atoms. The number of hydrogen-bond donors (Lipinski definition) is 1. The van der Waals surface area contributed by atoms with Crippen LogP contribution in [0.25, 0.3) is 0 Å². The molecular formula is C11H8N3O2S. The summed E-state index contributed by atoms with van der Waals surface area (Å²) < 4.78 is 0. The molecule has 85 valence electrons. The Bertz CT molecular complexity index is 566. The number of urea groups is 1. The summed E-state index contributed by atoms with van der Waals surface area (Å²) in [5.41, 5.74) is 0.691. The first-order valence-electron chi connectivity index (χ1n) is 4.96. The molecule has 0 aromatic carbocycles.